The summed E-state index contributed by atoms with van der Waals surface area (Å²) in [5, 5.41) is 0. The normalized spacial score (nSPS) is 12.0. The molecular formula is C9H20O3Si. The summed E-state index contributed by atoms with van der Waals surface area (Å²) in [6.07, 6.45) is -0.634. The molecule has 0 unspecified atom stereocenters. The number of carbonyl (C=O) groups excluding carboxylic acids is 1. The summed E-state index contributed by atoms with van der Waals surface area (Å²) in [7, 11) is -1.89. The Bertz CT molecular complexity index is 176. The average Bonchev–Trinajstić information content (AvgIpc) is 1.82. The molecule has 13 heavy (non-hydrogen) atoms. The summed E-state index contributed by atoms with van der Waals surface area (Å²) in [5.41, 5.74) is 0.409. The lowest BCUT2D eigenvalue weighted by molar-refractivity contribution is 0.0700. The van der Waals surface area contributed by atoms with Crippen LogP contribution in [-0.4, -0.2) is 20.6 Å². The van der Waals surface area contributed by atoms with Gasteiger partial charge in [-0.2, -0.15) is 0 Å². The van der Waals surface area contributed by atoms with Crippen LogP contribution in [0.3, 0.4) is 0 Å². The number of rotatable bonds is 3. The van der Waals surface area contributed by atoms with Crippen LogP contribution in [0.4, 0.5) is 4.79 Å². The molecule has 0 aromatic carbocycles. The van der Waals surface area contributed by atoms with Gasteiger partial charge in [0.1, 0.15) is 0 Å². The van der Waals surface area contributed by atoms with Crippen molar-refractivity contribution in [2.75, 3.05) is 0 Å². The fraction of sp³-hybridized carbons (Fsp3) is 0.889. The first-order chi connectivity index (χ1) is 5.75. The van der Waals surface area contributed by atoms with Crippen molar-refractivity contribution in [3.8, 4) is 0 Å². The van der Waals surface area contributed by atoms with E-state index < -0.39 is 14.5 Å². The number of hydrogen-bond donors (Lipinski definition) is 0. The van der Waals surface area contributed by atoms with Crippen molar-refractivity contribution >= 4 is 14.5 Å². The molecule has 0 bridgehead atoms. The van der Waals surface area contributed by atoms with Gasteiger partial charge in [0.05, 0.1) is 6.10 Å². The molecule has 0 aliphatic heterocycles. The van der Waals surface area contributed by atoms with Crippen LogP contribution in [0.5, 0.6) is 0 Å². The lowest BCUT2D eigenvalue weighted by Crippen LogP contribution is -2.37. The zero-order chi connectivity index (χ0) is 10.6. The third-order valence-electron chi connectivity index (χ3n) is 2.07. The topological polar surface area (TPSA) is 35.5 Å². The standard InChI is InChI=1S/C9H20O3Si/c1-7(2)11-9(10)12-13(5,6)8(3)4/h7-8H,1-6H3. The van der Waals surface area contributed by atoms with E-state index in [0.29, 0.717) is 5.54 Å². The SMILES string of the molecule is CC(C)OC(=O)O[Si](C)(C)C(C)C. The second kappa shape index (κ2) is 4.65. The lowest BCUT2D eigenvalue weighted by Gasteiger charge is -2.26. The second-order valence-corrected chi connectivity index (χ2v) is 8.84. The molecule has 0 aliphatic rings. The molecule has 0 aromatic heterocycles. The zero-order valence-electron chi connectivity index (χ0n) is 9.38. The molecule has 0 saturated carbocycles. The highest BCUT2D eigenvalue weighted by atomic mass is 28.4. The lowest BCUT2D eigenvalue weighted by atomic mass is 10.5. The summed E-state index contributed by atoms with van der Waals surface area (Å²) in [4.78, 5) is 11.2. The quantitative estimate of drug-likeness (QED) is 0.523. The first-order valence-electron chi connectivity index (χ1n) is 4.65. The van der Waals surface area contributed by atoms with Crippen molar-refractivity contribution in [3.63, 3.8) is 0 Å². The molecule has 0 spiro atoms. The van der Waals surface area contributed by atoms with Gasteiger partial charge in [0, 0.05) is 0 Å². The summed E-state index contributed by atoms with van der Waals surface area (Å²) in [5.74, 6) is 0. The van der Waals surface area contributed by atoms with Gasteiger partial charge in [0.25, 0.3) is 8.32 Å². The first kappa shape index (κ1) is 12.5. The molecule has 0 rings (SSSR count). The molecule has 0 aromatic rings. The van der Waals surface area contributed by atoms with Crippen molar-refractivity contribution in [1.29, 1.82) is 0 Å². The van der Waals surface area contributed by atoms with E-state index in [-0.39, 0.29) is 6.10 Å². The monoisotopic (exact) mass is 204 g/mol. The smallest absolute Gasteiger partial charge is 0.489 e. The molecule has 0 atom stereocenters. The van der Waals surface area contributed by atoms with E-state index in [9.17, 15) is 4.79 Å². The predicted octanol–water partition coefficient (Wildman–Crippen LogP) is 3.16. The molecule has 3 nitrogen and oxygen atoms in total. The van der Waals surface area contributed by atoms with E-state index in [1.165, 1.54) is 0 Å². The second-order valence-electron chi connectivity index (χ2n) is 4.28. The molecule has 0 heterocycles. The molecular weight excluding hydrogens is 184 g/mol. The minimum Gasteiger partial charge on any atom is -0.489 e. The third-order valence-corrected chi connectivity index (χ3v) is 5.54. The molecule has 0 N–H and O–H groups in total. The molecule has 0 aliphatic carbocycles. The van der Waals surface area contributed by atoms with Crippen LogP contribution in [0.15, 0.2) is 0 Å². The predicted molar refractivity (Wildman–Crippen MR) is 55.3 cm³/mol. The van der Waals surface area contributed by atoms with Crippen LogP contribution >= 0.6 is 0 Å². The summed E-state index contributed by atoms with van der Waals surface area (Å²) < 4.78 is 10.2. The summed E-state index contributed by atoms with van der Waals surface area (Å²) in [6, 6.07) is 0. The number of ether oxygens (including phenoxy) is 1. The van der Waals surface area contributed by atoms with Gasteiger partial charge >= 0.3 is 6.16 Å². The Hall–Kier alpha value is -0.513. The Balaban J connectivity index is 4.05. The van der Waals surface area contributed by atoms with Crippen LogP contribution < -0.4 is 0 Å². The van der Waals surface area contributed by atoms with Crippen LogP contribution in [0.2, 0.25) is 18.6 Å². The van der Waals surface area contributed by atoms with Crippen molar-refractivity contribution in [2.24, 2.45) is 0 Å². The van der Waals surface area contributed by atoms with Crippen LogP contribution in [-0.2, 0) is 9.16 Å². The van der Waals surface area contributed by atoms with Gasteiger partial charge in [-0.3, -0.25) is 0 Å². The van der Waals surface area contributed by atoms with Crippen LogP contribution in [0.1, 0.15) is 27.7 Å². The molecule has 0 fully saturated rings. The molecule has 78 valence electrons. The Kier molecular flexibility index (Phi) is 4.46. The maximum atomic E-state index is 11.2. The first-order valence-corrected chi connectivity index (χ1v) is 7.64. The van der Waals surface area contributed by atoms with E-state index in [0.717, 1.165) is 0 Å². The molecule has 0 amide bonds. The average molecular weight is 204 g/mol. The van der Waals surface area contributed by atoms with E-state index in [1.54, 1.807) is 0 Å². The Morgan fingerprint density at radius 1 is 1.15 bits per heavy atom. The zero-order valence-corrected chi connectivity index (χ0v) is 10.4. The van der Waals surface area contributed by atoms with Gasteiger partial charge < -0.3 is 9.16 Å². The van der Waals surface area contributed by atoms with E-state index in [4.69, 9.17) is 9.16 Å². The fourth-order valence-electron chi connectivity index (χ4n) is 0.549. The minimum absolute atomic E-state index is 0.107. The van der Waals surface area contributed by atoms with Crippen molar-refractivity contribution in [3.05, 3.63) is 0 Å². The number of hydrogen-bond acceptors (Lipinski definition) is 3. The number of carbonyl (C=O) groups is 1. The Morgan fingerprint density at radius 2 is 1.62 bits per heavy atom. The van der Waals surface area contributed by atoms with Crippen LogP contribution in [0.25, 0.3) is 0 Å². The highest BCUT2D eigenvalue weighted by Crippen LogP contribution is 2.21. The maximum absolute atomic E-state index is 11.2. The van der Waals surface area contributed by atoms with Crippen molar-refractivity contribution in [2.45, 2.75) is 52.4 Å². The van der Waals surface area contributed by atoms with Gasteiger partial charge in [-0.25, -0.2) is 4.79 Å². The van der Waals surface area contributed by atoms with E-state index in [1.807, 2.05) is 26.9 Å². The van der Waals surface area contributed by atoms with Crippen LogP contribution in [0, 0.1) is 0 Å². The van der Waals surface area contributed by atoms with Gasteiger partial charge in [0.15, 0.2) is 0 Å². The molecule has 4 heteroatoms. The minimum atomic E-state index is -1.89. The van der Waals surface area contributed by atoms with Crippen molar-refractivity contribution < 1.29 is 14.0 Å². The van der Waals surface area contributed by atoms with Gasteiger partial charge in [0.2, 0.25) is 0 Å². The van der Waals surface area contributed by atoms with Gasteiger partial charge in [-0.15, -0.1) is 0 Å². The Labute approximate surface area is 81.6 Å². The Morgan fingerprint density at radius 3 is 1.92 bits per heavy atom. The van der Waals surface area contributed by atoms with Gasteiger partial charge in [-0.05, 0) is 32.5 Å². The highest BCUT2D eigenvalue weighted by molar-refractivity contribution is 6.73. The van der Waals surface area contributed by atoms with Crippen molar-refractivity contribution in [1.82, 2.24) is 0 Å². The third kappa shape index (κ3) is 4.93. The fourth-order valence-corrected chi connectivity index (χ4v) is 1.26. The summed E-state index contributed by atoms with van der Waals surface area (Å²) >= 11 is 0. The maximum Gasteiger partial charge on any atom is 0.494 e. The largest absolute Gasteiger partial charge is 0.494 e. The van der Waals surface area contributed by atoms with Gasteiger partial charge in [-0.1, -0.05) is 13.8 Å². The van der Waals surface area contributed by atoms with E-state index >= 15 is 0 Å². The highest BCUT2D eigenvalue weighted by Gasteiger charge is 2.31. The van der Waals surface area contributed by atoms with E-state index in [2.05, 4.69) is 13.8 Å². The molecule has 0 saturated heterocycles. The molecule has 0 radical (unpaired) electrons. The summed E-state index contributed by atoms with van der Waals surface area (Å²) in [6.45, 7) is 11.8.